The molecular formula is C20H20N4O2. The number of nitrogens with one attached hydrogen (secondary N) is 1. The zero-order valence-corrected chi connectivity index (χ0v) is 14.4. The van der Waals surface area contributed by atoms with E-state index in [0.717, 1.165) is 5.56 Å². The minimum Gasteiger partial charge on any atom is -0.439 e. The van der Waals surface area contributed by atoms with Crippen molar-refractivity contribution in [3.05, 3.63) is 54.2 Å². The van der Waals surface area contributed by atoms with Crippen LogP contribution in [-0.4, -0.2) is 16.6 Å². The Bertz CT molecular complexity index is 804. The molecular weight excluding hydrogens is 328 g/mol. The number of terminal acetylenes is 1. The van der Waals surface area contributed by atoms with Crippen molar-refractivity contribution < 1.29 is 9.53 Å². The van der Waals surface area contributed by atoms with E-state index in [4.69, 9.17) is 11.2 Å². The summed E-state index contributed by atoms with van der Waals surface area (Å²) in [5.74, 6) is 3.81. The van der Waals surface area contributed by atoms with Gasteiger partial charge >= 0.3 is 0 Å². The third-order valence-electron chi connectivity index (χ3n) is 4.08. The Morgan fingerprint density at radius 3 is 2.62 bits per heavy atom. The number of hydrogen-bond acceptors (Lipinski definition) is 5. The quantitative estimate of drug-likeness (QED) is 0.699. The second-order valence-electron chi connectivity index (χ2n) is 6.08. The molecule has 6 nitrogen and oxygen atoms in total. The van der Waals surface area contributed by atoms with Crippen LogP contribution in [0.2, 0.25) is 0 Å². The van der Waals surface area contributed by atoms with Gasteiger partial charge in [-0.1, -0.05) is 18.2 Å². The van der Waals surface area contributed by atoms with E-state index in [-0.39, 0.29) is 5.91 Å². The average Bonchev–Trinajstić information content (AvgIpc) is 3.45. The van der Waals surface area contributed by atoms with Crippen LogP contribution in [0.3, 0.4) is 0 Å². The first kappa shape index (κ1) is 17.6. The van der Waals surface area contributed by atoms with Crippen molar-refractivity contribution in [2.75, 3.05) is 0 Å². The molecule has 0 bridgehead atoms. The van der Waals surface area contributed by atoms with Crippen LogP contribution in [-0.2, 0) is 11.3 Å². The summed E-state index contributed by atoms with van der Waals surface area (Å²) in [7, 11) is 0. The lowest BCUT2D eigenvalue weighted by Crippen LogP contribution is -2.24. The third-order valence-corrected chi connectivity index (χ3v) is 4.08. The maximum Gasteiger partial charge on any atom is 0.220 e. The van der Waals surface area contributed by atoms with Crippen molar-refractivity contribution in [1.29, 1.82) is 0 Å². The molecule has 0 fully saturated rings. The summed E-state index contributed by atoms with van der Waals surface area (Å²) in [5.41, 5.74) is 0.586. The van der Waals surface area contributed by atoms with E-state index in [9.17, 15) is 4.79 Å². The van der Waals surface area contributed by atoms with Crippen LogP contribution in [0, 0.1) is 12.3 Å². The highest BCUT2D eigenvalue weighted by Gasteiger charge is 2.39. The molecule has 0 radical (unpaired) electrons. The number of pyridine rings is 1. The zero-order chi connectivity index (χ0) is 18.2. The highest BCUT2D eigenvalue weighted by Crippen LogP contribution is 2.37. The Labute approximate surface area is 152 Å². The Morgan fingerprint density at radius 1 is 1.15 bits per heavy atom. The number of nitrogens with zero attached hydrogens (tertiary/aromatic N) is 3. The molecule has 0 saturated carbocycles. The molecule has 6 heteroatoms. The molecule has 1 aromatic carbocycles. The largest absolute Gasteiger partial charge is 0.439 e. The zero-order valence-electron chi connectivity index (χ0n) is 14.4. The van der Waals surface area contributed by atoms with Crippen LogP contribution in [0.25, 0.3) is 0 Å². The fourth-order valence-corrected chi connectivity index (χ4v) is 2.47. The van der Waals surface area contributed by atoms with Crippen LogP contribution in [0.4, 0.5) is 0 Å². The summed E-state index contributed by atoms with van der Waals surface area (Å²) in [6, 6.07) is 13.0. The SMILES string of the molecule is C#CCCC1(CCC(=O)NCc2ccc(Oc3ccccn3)cc2)N=N1. The van der Waals surface area contributed by atoms with Gasteiger partial charge in [-0.25, -0.2) is 4.98 Å². The number of carbonyl (C=O) groups excluding carboxylic acids is 1. The summed E-state index contributed by atoms with van der Waals surface area (Å²) in [4.78, 5) is 16.1. The molecule has 26 heavy (non-hydrogen) atoms. The number of amides is 1. The first-order valence-corrected chi connectivity index (χ1v) is 8.51. The minimum absolute atomic E-state index is 0.0174. The summed E-state index contributed by atoms with van der Waals surface area (Å²) in [6.07, 6.45) is 9.28. The van der Waals surface area contributed by atoms with Gasteiger partial charge in [-0.2, -0.15) is 10.2 Å². The monoisotopic (exact) mass is 348 g/mol. The van der Waals surface area contributed by atoms with Gasteiger partial charge in [0.1, 0.15) is 5.75 Å². The molecule has 0 unspecified atom stereocenters. The fraction of sp³-hybridized carbons (Fsp3) is 0.300. The number of aromatic nitrogens is 1. The number of carbonyl (C=O) groups is 1. The lowest BCUT2D eigenvalue weighted by atomic mass is 10.0. The second-order valence-corrected chi connectivity index (χ2v) is 6.08. The van der Waals surface area contributed by atoms with E-state index >= 15 is 0 Å². The van der Waals surface area contributed by atoms with Gasteiger partial charge in [0, 0.05) is 44.5 Å². The molecule has 1 amide bonds. The van der Waals surface area contributed by atoms with Crippen molar-refractivity contribution in [2.24, 2.45) is 10.2 Å². The smallest absolute Gasteiger partial charge is 0.220 e. The molecule has 2 heterocycles. The molecule has 1 N–H and O–H groups in total. The van der Waals surface area contributed by atoms with Gasteiger partial charge < -0.3 is 10.1 Å². The Morgan fingerprint density at radius 2 is 1.96 bits per heavy atom. The van der Waals surface area contributed by atoms with Crippen LogP contribution in [0.15, 0.2) is 58.9 Å². The van der Waals surface area contributed by atoms with Crippen molar-refractivity contribution in [3.8, 4) is 24.0 Å². The molecule has 2 aromatic rings. The van der Waals surface area contributed by atoms with Crippen molar-refractivity contribution >= 4 is 5.91 Å². The molecule has 0 aliphatic carbocycles. The maximum absolute atomic E-state index is 12.0. The van der Waals surface area contributed by atoms with Gasteiger partial charge in [-0.15, -0.1) is 12.3 Å². The van der Waals surface area contributed by atoms with Gasteiger partial charge in [-0.3, -0.25) is 4.79 Å². The molecule has 3 rings (SSSR count). The summed E-state index contributed by atoms with van der Waals surface area (Å²) in [5, 5.41) is 11.0. The van der Waals surface area contributed by atoms with E-state index < -0.39 is 5.66 Å². The van der Waals surface area contributed by atoms with E-state index in [2.05, 4.69) is 26.4 Å². The molecule has 1 aromatic heterocycles. The Balaban J connectivity index is 1.40. The van der Waals surface area contributed by atoms with Crippen LogP contribution in [0.5, 0.6) is 11.6 Å². The van der Waals surface area contributed by atoms with Crippen LogP contribution in [0.1, 0.15) is 31.2 Å². The minimum atomic E-state index is -0.409. The number of rotatable bonds is 9. The molecule has 1 aliphatic heterocycles. The lowest BCUT2D eigenvalue weighted by molar-refractivity contribution is -0.121. The topological polar surface area (TPSA) is 75.9 Å². The summed E-state index contributed by atoms with van der Waals surface area (Å²) < 4.78 is 5.64. The first-order chi connectivity index (χ1) is 12.7. The van der Waals surface area contributed by atoms with Gasteiger partial charge in [0.15, 0.2) is 5.66 Å². The van der Waals surface area contributed by atoms with Gasteiger partial charge in [0.2, 0.25) is 11.8 Å². The standard InChI is InChI=1S/C20H20N4O2/c1-2-3-12-20(23-24-20)13-11-18(25)22-15-16-7-9-17(10-8-16)26-19-6-4-5-14-21-19/h1,4-10,14H,3,11-13,15H2,(H,22,25). The number of ether oxygens (including phenoxy) is 1. The van der Waals surface area contributed by atoms with Gasteiger partial charge in [0.25, 0.3) is 0 Å². The average molecular weight is 348 g/mol. The maximum atomic E-state index is 12.0. The normalized spacial score (nSPS) is 13.7. The molecule has 1 aliphatic rings. The van der Waals surface area contributed by atoms with Gasteiger partial charge in [-0.05, 0) is 23.8 Å². The van der Waals surface area contributed by atoms with Crippen molar-refractivity contribution in [1.82, 2.24) is 10.3 Å². The van der Waals surface area contributed by atoms with Crippen molar-refractivity contribution in [2.45, 2.75) is 37.9 Å². The van der Waals surface area contributed by atoms with Crippen LogP contribution >= 0.6 is 0 Å². The number of hydrogen-bond donors (Lipinski definition) is 1. The second kappa shape index (κ2) is 8.26. The Hall–Kier alpha value is -3.20. The number of benzene rings is 1. The predicted molar refractivity (Wildman–Crippen MR) is 97.5 cm³/mol. The van der Waals surface area contributed by atoms with Gasteiger partial charge in [0.05, 0.1) is 0 Å². The van der Waals surface area contributed by atoms with E-state index in [1.165, 1.54) is 0 Å². The lowest BCUT2D eigenvalue weighted by Gasteiger charge is -2.10. The fourth-order valence-electron chi connectivity index (χ4n) is 2.47. The molecule has 0 atom stereocenters. The van der Waals surface area contributed by atoms with Crippen LogP contribution < -0.4 is 10.1 Å². The molecule has 0 saturated heterocycles. The van der Waals surface area contributed by atoms with Crippen molar-refractivity contribution in [3.63, 3.8) is 0 Å². The van der Waals surface area contributed by atoms with E-state index in [0.29, 0.717) is 43.9 Å². The summed E-state index contributed by atoms with van der Waals surface area (Å²) in [6.45, 7) is 0.467. The highest BCUT2D eigenvalue weighted by atomic mass is 16.5. The predicted octanol–water partition coefficient (Wildman–Crippen LogP) is 3.85. The molecule has 0 spiro atoms. The third kappa shape index (κ3) is 5.15. The molecule has 132 valence electrons. The Kier molecular flexibility index (Phi) is 5.59. The highest BCUT2D eigenvalue weighted by molar-refractivity contribution is 5.76. The first-order valence-electron chi connectivity index (χ1n) is 8.51. The summed E-state index contributed by atoms with van der Waals surface area (Å²) >= 11 is 0. The van der Waals surface area contributed by atoms with E-state index in [1.54, 1.807) is 12.3 Å². The van der Waals surface area contributed by atoms with E-state index in [1.807, 2.05) is 36.4 Å².